The van der Waals surface area contributed by atoms with E-state index in [0.29, 0.717) is 6.04 Å². The number of rotatable bonds is 2. The number of nitrogens with zero attached hydrogens (tertiary/aromatic N) is 2. The maximum atomic E-state index is 8.93. The van der Waals surface area contributed by atoms with Gasteiger partial charge in [0.1, 0.15) is 5.82 Å². The molecule has 1 saturated carbocycles. The SMILES string of the molecule is CC1(C)CCC(C)(C)c2cc(-c3cccc(N4CCC(N)CC4)n3)ccc21.OC1CCCCC1O. The van der Waals surface area contributed by atoms with Crippen LogP contribution in [0.1, 0.15) is 90.2 Å². The quantitative estimate of drug-likeness (QED) is 0.544. The molecule has 3 aliphatic rings. The van der Waals surface area contributed by atoms with E-state index in [9.17, 15) is 0 Å². The van der Waals surface area contributed by atoms with Crippen LogP contribution in [0.25, 0.3) is 11.3 Å². The first-order valence-corrected chi connectivity index (χ1v) is 13.6. The number of piperidine rings is 1. The van der Waals surface area contributed by atoms with Crippen LogP contribution in [0.5, 0.6) is 0 Å². The Kier molecular flexibility index (Phi) is 7.89. The molecular weight excluding hydrogens is 434 g/mol. The first-order valence-electron chi connectivity index (χ1n) is 13.6. The minimum absolute atomic E-state index is 0.224. The first-order chi connectivity index (χ1) is 16.6. The smallest absolute Gasteiger partial charge is 0.129 e. The Bertz CT molecular complexity index is 985. The Morgan fingerprint density at radius 2 is 1.43 bits per heavy atom. The molecule has 2 unspecified atom stereocenters. The van der Waals surface area contributed by atoms with E-state index in [0.717, 1.165) is 63.1 Å². The van der Waals surface area contributed by atoms with Crippen molar-refractivity contribution >= 4 is 5.82 Å². The summed E-state index contributed by atoms with van der Waals surface area (Å²) < 4.78 is 0. The zero-order chi connectivity index (χ0) is 25.2. The minimum Gasteiger partial charge on any atom is -0.390 e. The number of hydrogen-bond acceptors (Lipinski definition) is 5. The predicted octanol–water partition coefficient (Wildman–Crippen LogP) is 5.31. The van der Waals surface area contributed by atoms with Crippen LogP contribution in [0, 0.1) is 0 Å². The lowest BCUT2D eigenvalue weighted by Gasteiger charge is -2.42. The van der Waals surface area contributed by atoms with Gasteiger partial charge in [0.25, 0.3) is 0 Å². The first kappa shape index (κ1) is 26.1. The van der Waals surface area contributed by atoms with Gasteiger partial charge < -0.3 is 20.8 Å². The fraction of sp³-hybridized carbons (Fsp3) is 0.633. The molecule has 0 amide bonds. The maximum Gasteiger partial charge on any atom is 0.129 e. The van der Waals surface area contributed by atoms with Crippen LogP contribution in [-0.2, 0) is 10.8 Å². The van der Waals surface area contributed by atoms with Crippen molar-refractivity contribution in [3.63, 3.8) is 0 Å². The zero-order valence-corrected chi connectivity index (χ0v) is 22.1. The molecule has 2 atom stereocenters. The van der Waals surface area contributed by atoms with Crippen LogP contribution in [0.2, 0.25) is 0 Å². The Morgan fingerprint density at radius 3 is 2.03 bits per heavy atom. The van der Waals surface area contributed by atoms with Gasteiger partial charge >= 0.3 is 0 Å². The third-order valence-electron chi connectivity index (χ3n) is 8.44. The highest BCUT2D eigenvalue weighted by Crippen LogP contribution is 2.46. The molecule has 1 aromatic carbocycles. The standard InChI is InChI=1S/C24H33N3.C6H12O2/c1-23(2)12-13-24(3,4)20-16-17(8-9-19(20)23)21-6-5-7-22(26-21)27-14-10-18(25)11-15-27;7-5-3-1-2-4-6(5)8/h5-9,16,18H,10-15,25H2,1-4H3;5-8H,1-4H2. The highest BCUT2D eigenvalue weighted by Gasteiger charge is 2.37. The van der Waals surface area contributed by atoms with Gasteiger partial charge in [-0.25, -0.2) is 4.98 Å². The number of aromatic nitrogens is 1. The molecular formula is C30H45N3O2. The zero-order valence-electron chi connectivity index (χ0n) is 22.1. The summed E-state index contributed by atoms with van der Waals surface area (Å²) >= 11 is 0. The molecule has 2 heterocycles. The summed E-state index contributed by atoms with van der Waals surface area (Å²) in [5, 5.41) is 17.9. The van der Waals surface area contributed by atoms with Crippen molar-refractivity contribution in [3.05, 3.63) is 47.5 Å². The normalized spacial score (nSPS) is 25.9. The average molecular weight is 480 g/mol. The minimum atomic E-state index is -0.441. The van der Waals surface area contributed by atoms with Crippen LogP contribution in [0.15, 0.2) is 36.4 Å². The van der Waals surface area contributed by atoms with Gasteiger partial charge in [0.2, 0.25) is 0 Å². The molecule has 0 bridgehead atoms. The maximum absolute atomic E-state index is 8.93. The van der Waals surface area contributed by atoms with Crippen LogP contribution in [0.3, 0.4) is 0 Å². The molecule has 0 radical (unpaired) electrons. The number of hydrogen-bond donors (Lipinski definition) is 3. The number of fused-ring (bicyclic) bond motifs is 1. The molecule has 1 aromatic heterocycles. The summed E-state index contributed by atoms with van der Waals surface area (Å²) in [5.74, 6) is 1.08. The van der Waals surface area contributed by atoms with Crippen LogP contribution < -0.4 is 10.6 Å². The number of pyridine rings is 1. The van der Waals surface area contributed by atoms with E-state index in [1.807, 2.05) is 0 Å². The summed E-state index contributed by atoms with van der Waals surface area (Å²) in [7, 11) is 0. The van der Waals surface area contributed by atoms with E-state index in [-0.39, 0.29) is 10.8 Å². The molecule has 5 nitrogen and oxygen atoms in total. The molecule has 1 aliphatic heterocycles. The highest BCUT2D eigenvalue weighted by molar-refractivity contribution is 5.65. The summed E-state index contributed by atoms with van der Waals surface area (Å²) in [5.41, 5.74) is 11.8. The van der Waals surface area contributed by atoms with E-state index in [1.54, 1.807) is 0 Å². The topological polar surface area (TPSA) is 82.6 Å². The lowest BCUT2D eigenvalue weighted by Crippen LogP contribution is -2.40. The Hall–Kier alpha value is -1.95. The fourth-order valence-corrected chi connectivity index (χ4v) is 5.73. The number of nitrogens with two attached hydrogens (primary N) is 1. The molecule has 5 heteroatoms. The van der Waals surface area contributed by atoms with E-state index in [4.69, 9.17) is 20.9 Å². The van der Waals surface area contributed by atoms with Crippen LogP contribution in [-0.4, -0.2) is 46.5 Å². The Balaban J connectivity index is 0.000000308. The van der Waals surface area contributed by atoms with E-state index in [2.05, 4.69) is 69.0 Å². The van der Waals surface area contributed by atoms with E-state index in [1.165, 1.54) is 29.5 Å². The molecule has 2 aromatic rings. The van der Waals surface area contributed by atoms with E-state index < -0.39 is 12.2 Å². The van der Waals surface area contributed by atoms with Crippen molar-refractivity contribution in [2.24, 2.45) is 5.73 Å². The highest BCUT2D eigenvalue weighted by atomic mass is 16.3. The molecule has 4 N–H and O–H groups in total. The predicted molar refractivity (Wildman–Crippen MR) is 145 cm³/mol. The van der Waals surface area contributed by atoms with Gasteiger partial charge in [-0.15, -0.1) is 0 Å². The molecule has 1 saturated heterocycles. The molecule has 2 fully saturated rings. The second kappa shape index (κ2) is 10.6. The third-order valence-corrected chi connectivity index (χ3v) is 8.44. The van der Waals surface area contributed by atoms with Gasteiger partial charge in [-0.05, 0) is 78.7 Å². The van der Waals surface area contributed by atoms with Crippen molar-refractivity contribution in [1.82, 2.24) is 4.98 Å². The second-order valence-corrected chi connectivity index (χ2v) is 12.2. The van der Waals surface area contributed by atoms with Crippen molar-refractivity contribution < 1.29 is 10.2 Å². The van der Waals surface area contributed by atoms with Crippen LogP contribution in [0.4, 0.5) is 5.82 Å². The van der Waals surface area contributed by atoms with Crippen molar-refractivity contribution in [2.45, 2.75) is 108 Å². The Morgan fingerprint density at radius 1 is 0.829 bits per heavy atom. The molecule has 0 spiro atoms. The summed E-state index contributed by atoms with van der Waals surface area (Å²) in [6.07, 6.45) is 7.39. The van der Waals surface area contributed by atoms with Gasteiger partial charge in [-0.1, -0.05) is 58.7 Å². The van der Waals surface area contributed by atoms with E-state index >= 15 is 0 Å². The lowest BCUT2D eigenvalue weighted by atomic mass is 9.63. The van der Waals surface area contributed by atoms with Gasteiger partial charge in [0.15, 0.2) is 0 Å². The van der Waals surface area contributed by atoms with Crippen molar-refractivity contribution in [2.75, 3.05) is 18.0 Å². The largest absolute Gasteiger partial charge is 0.390 e. The molecule has 2 aliphatic carbocycles. The monoisotopic (exact) mass is 479 g/mol. The average Bonchev–Trinajstić information content (AvgIpc) is 2.85. The summed E-state index contributed by atoms with van der Waals surface area (Å²) in [4.78, 5) is 7.38. The summed E-state index contributed by atoms with van der Waals surface area (Å²) in [6, 6.07) is 13.8. The number of aliphatic hydroxyl groups is 2. The van der Waals surface area contributed by atoms with Gasteiger partial charge in [-0.2, -0.15) is 0 Å². The van der Waals surface area contributed by atoms with Crippen molar-refractivity contribution in [3.8, 4) is 11.3 Å². The Labute approximate surface area is 211 Å². The number of anilines is 1. The second-order valence-electron chi connectivity index (χ2n) is 12.2. The van der Waals surface area contributed by atoms with Gasteiger partial charge in [-0.3, -0.25) is 0 Å². The number of benzene rings is 1. The van der Waals surface area contributed by atoms with Gasteiger partial charge in [0.05, 0.1) is 17.9 Å². The number of aliphatic hydroxyl groups excluding tert-OH is 2. The van der Waals surface area contributed by atoms with Crippen LogP contribution >= 0.6 is 0 Å². The molecule has 35 heavy (non-hydrogen) atoms. The molecule has 192 valence electrons. The lowest BCUT2D eigenvalue weighted by molar-refractivity contribution is -0.00865. The summed E-state index contributed by atoms with van der Waals surface area (Å²) in [6.45, 7) is 11.5. The molecule has 5 rings (SSSR count). The van der Waals surface area contributed by atoms with Gasteiger partial charge in [0, 0.05) is 24.7 Å². The third kappa shape index (κ3) is 6.07. The fourth-order valence-electron chi connectivity index (χ4n) is 5.73. The van der Waals surface area contributed by atoms with Crippen molar-refractivity contribution in [1.29, 1.82) is 0 Å².